The largest absolute Gasteiger partial charge is 0.383 e. The molecule has 0 saturated heterocycles. The standard InChI is InChI=1S/C8H11N5O2/c1-15-3-2-10-8(14)5-13-6-11-7(4-9)12-13/h6H,2-3,5H2,1H3,(H,10,14). The number of aromatic nitrogens is 3. The zero-order chi connectivity index (χ0) is 11.1. The van der Waals surface area contributed by atoms with Crippen LogP contribution in [0.15, 0.2) is 6.33 Å². The number of rotatable bonds is 5. The highest BCUT2D eigenvalue weighted by molar-refractivity contribution is 5.75. The molecule has 0 aliphatic rings. The summed E-state index contributed by atoms with van der Waals surface area (Å²) >= 11 is 0. The molecule has 0 fully saturated rings. The van der Waals surface area contributed by atoms with E-state index < -0.39 is 0 Å². The third kappa shape index (κ3) is 3.74. The lowest BCUT2D eigenvalue weighted by Gasteiger charge is -2.03. The molecule has 7 heteroatoms. The summed E-state index contributed by atoms with van der Waals surface area (Å²) in [6.07, 6.45) is 1.34. The quantitative estimate of drug-likeness (QED) is 0.622. The first-order chi connectivity index (χ1) is 7.26. The van der Waals surface area contributed by atoms with E-state index in [0.29, 0.717) is 13.2 Å². The predicted molar refractivity (Wildman–Crippen MR) is 49.6 cm³/mol. The van der Waals surface area contributed by atoms with Gasteiger partial charge in [0.25, 0.3) is 5.82 Å². The van der Waals surface area contributed by atoms with Gasteiger partial charge in [-0.1, -0.05) is 0 Å². The van der Waals surface area contributed by atoms with Gasteiger partial charge in [0.2, 0.25) is 5.91 Å². The van der Waals surface area contributed by atoms with Gasteiger partial charge in [-0.3, -0.25) is 4.79 Å². The van der Waals surface area contributed by atoms with Crippen molar-refractivity contribution in [3.63, 3.8) is 0 Å². The summed E-state index contributed by atoms with van der Waals surface area (Å²) < 4.78 is 6.08. The third-order valence-corrected chi connectivity index (χ3v) is 1.57. The molecule has 1 N–H and O–H groups in total. The molecule has 1 rings (SSSR count). The maximum absolute atomic E-state index is 11.2. The van der Waals surface area contributed by atoms with Crippen LogP contribution in [0.1, 0.15) is 5.82 Å². The molecule has 15 heavy (non-hydrogen) atoms. The maximum Gasteiger partial charge on any atom is 0.252 e. The minimum absolute atomic E-state index is 0.0540. The highest BCUT2D eigenvalue weighted by Gasteiger charge is 2.04. The van der Waals surface area contributed by atoms with Crippen LogP contribution in [-0.4, -0.2) is 40.9 Å². The Morgan fingerprint density at radius 1 is 1.80 bits per heavy atom. The van der Waals surface area contributed by atoms with Gasteiger partial charge in [0.1, 0.15) is 18.9 Å². The number of nitrogens with one attached hydrogen (secondary N) is 1. The number of hydrogen-bond acceptors (Lipinski definition) is 5. The highest BCUT2D eigenvalue weighted by atomic mass is 16.5. The third-order valence-electron chi connectivity index (χ3n) is 1.57. The van der Waals surface area contributed by atoms with E-state index in [1.807, 2.05) is 0 Å². The molecule has 1 amide bonds. The average molecular weight is 209 g/mol. The molecule has 7 nitrogen and oxygen atoms in total. The monoisotopic (exact) mass is 209 g/mol. The van der Waals surface area contributed by atoms with Gasteiger partial charge in [0, 0.05) is 13.7 Å². The Bertz CT molecular complexity index is 367. The van der Waals surface area contributed by atoms with Gasteiger partial charge in [-0.05, 0) is 0 Å². The lowest BCUT2D eigenvalue weighted by atomic mass is 10.5. The number of carbonyl (C=O) groups is 1. The fraction of sp³-hybridized carbons (Fsp3) is 0.500. The van der Waals surface area contributed by atoms with Crippen molar-refractivity contribution in [1.29, 1.82) is 5.26 Å². The Morgan fingerprint density at radius 2 is 2.60 bits per heavy atom. The molecule has 1 heterocycles. The van der Waals surface area contributed by atoms with Gasteiger partial charge in [-0.2, -0.15) is 5.26 Å². The van der Waals surface area contributed by atoms with Crippen molar-refractivity contribution in [3.8, 4) is 6.07 Å². The zero-order valence-corrected chi connectivity index (χ0v) is 8.30. The number of amides is 1. The Labute approximate surface area is 86.7 Å². The van der Waals surface area contributed by atoms with E-state index in [9.17, 15) is 4.79 Å². The minimum Gasteiger partial charge on any atom is -0.383 e. The normalized spacial score (nSPS) is 9.60. The van der Waals surface area contributed by atoms with Gasteiger partial charge < -0.3 is 10.1 Å². The number of carbonyl (C=O) groups excluding carboxylic acids is 1. The molecule has 0 atom stereocenters. The number of nitrogens with zero attached hydrogens (tertiary/aromatic N) is 4. The summed E-state index contributed by atoms with van der Waals surface area (Å²) in [6, 6.07) is 1.78. The summed E-state index contributed by atoms with van der Waals surface area (Å²) in [6.45, 7) is 0.972. The Balaban J connectivity index is 2.35. The zero-order valence-electron chi connectivity index (χ0n) is 8.30. The van der Waals surface area contributed by atoms with E-state index in [0.717, 1.165) is 0 Å². The lowest BCUT2D eigenvalue weighted by molar-refractivity contribution is -0.122. The van der Waals surface area contributed by atoms with Crippen LogP contribution in [0, 0.1) is 11.3 Å². The summed E-state index contributed by atoms with van der Waals surface area (Å²) in [7, 11) is 1.56. The van der Waals surface area contributed by atoms with E-state index in [2.05, 4.69) is 15.4 Å². The molecule has 0 aromatic carbocycles. The summed E-state index contributed by atoms with van der Waals surface area (Å²) in [4.78, 5) is 14.9. The molecule has 0 spiro atoms. The molecule has 1 aromatic heterocycles. The molecule has 0 aliphatic heterocycles. The van der Waals surface area contributed by atoms with Crippen molar-refractivity contribution in [2.75, 3.05) is 20.3 Å². The minimum atomic E-state index is -0.193. The van der Waals surface area contributed by atoms with Crippen molar-refractivity contribution >= 4 is 5.91 Å². The smallest absolute Gasteiger partial charge is 0.252 e. The highest BCUT2D eigenvalue weighted by Crippen LogP contribution is 1.86. The molecular weight excluding hydrogens is 198 g/mol. The first-order valence-corrected chi connectivity index (χ1v) is 4.31. The van der Waals surface area contributed by atoms with Crippen LogP contribution in [0.4, 0.5) is 0 Å². The number of ether oxygens (including phenoxy) is 1. The molecule has 0 aliphatic carbocycles. The Kier molecular flexibility index (Phi) is 4.25. The average Bonchev–Trinajstić information content (AvgIpc) is 2.66. The van der Waals surface area contributed by atoms with E-state index in [1.165, 1.54) is 11.0 Å². The van der Waals surface area contributed by atoms with Crippen LogP contribution in [0.25, 0.3) is 0 Å². The van der Waals surface area contributed by atoms with Crippen LogP contribution < -0.4 is 5.32 Å². The van der Waals surface area contributed by atoms with Crippen LogP contribution in [0.3, 0.4) is 0 Å². The van der Waals surface area contributed by atoms with Gasteiger partial charge in [-0.25, -0.2) is 9.67 Å². The Morgan fingerprint density at radius 3 is 3.20 bits per heavy atom. The molecule has 0 radical (unpaired) electrons. The first-order valence-electron chi connectivity index (χ1n) is 4.31. The lowest BCUT2D eigenvalue weighted by Crippen LogP contribution is -2.30. The van der Waals surface area contributed by atoms with Crippen LogP contribution >= 0.6 is 0 Å². The molecular formula is C8H11N5O2. The van der Waals surface area contributed by atoms with Crippen molar-refractivity contribution < 1.29 is 9.53 Å². The van der Waals surface area contributed by atoms with E-state index >= 15 is 0 Å². The van der Waals surface area contributed by atoms with Crippen LogP contribution in [-0.2, 0) is 16.1 Å². The van der Waals surface area contributed by atoms with Gasteiger partial charge in [0.15, 0.2) is 0 Å². The van der Waals surface area contributed by atoms with Gasteiger partial charge in [0.05, 0.1) is 6.61 Å². The number of nitriles is 1. The summed E-state index contributed by atoms with van der Waals surface area (Å²) in [5.41, 5.74) is 0. The maximum atomic E-state index is 11.2. The summed E-state index contributed by atoms with van der Waals surface area (Å²) in [5, 5.41) is 14.8. The van der Waals surface area contributed by atoms with Gasteiger partial charge in [-0.15, -0.1) is 5.10 Å². The van der Waals surface area contributed by atoms with Crippen molar-refractivity contribution in [2.24, 2.45) is 0 Å². The number of methoxy groups -OCH3 is 1. The fourth-order valence-corrected chi connectivity index (χ4v) is 0.918. The van der Waals surface area contributed by atoms with E-state index in [4.69, 9.17) is 10.00 Å². The topological polar surface area (TPSA) is 92.8 Å². The van der Waals surface area contributed by atoms with Crippen molar-refractivity contribution in [3.05, 3.63) is 12.2 Å². The van der Waals surface area contributed by atoms with Crippen LogP contribution in [0.2, 0.25) is 0 Å². The number of hydrogen-bond donors (Lipinski definition) is 1. The molecule has 0 unspecified atom stereocenters. The predicted octanol–water partition coefficient (Wildman–Crippen LogP) is -1.09. The van der Waals surface area contributed by atoms with E-state index in [1.54, 1.807) is 13.2 Å². The van der Waals surface area contributed by atoms with Gasteiger partial charge >= 0.3 is 0 Å². The Hall–Kier alpha value is -1.94. The molecule has 0 bridgehead atoms. The molecule has 1 aromatic rings. The molecule has 0 saturated carbocycles. The second kappa shape index (κ2) is 5.72. The first kappa shape index (κ1) is 11.1. The second-order valence-corrected chi connectivity index (χ2v) is 2.72. The second-order valence-electron chi connectivity index (χ2n) is 2.72. The fourth-order valence-electron chi connectivity index (χ4n) is 0.918. The van der Waals surface area contributed by atoms with Crippen LogP contribution in [0.5, 0.6) is 0 Å². The summed E-state index contributed by atoms with van der Waals surface area (Å²) in [5.74, 6) is -0.138. The van der Waals surface area contributed by atoms with E-state index in [-0.39, 0.29) is 18.3 Å². The van der Waals surface area contributed by atoms with Crippen molar-refractivity contribution in [1.82, 2.24) is 20.1 Å². The molecule has 80 valence electrons. The van der Waals surface area contributed by atoms with Crippen molar-refractivity contribution in [2.45, 2.75) is 6.54 Å². The SMILES string of the molecule is COCCNC(=O)Cn1cnc(C#N)n1.